The van der Waals surface area contributed by atoms with Crippen LogP contribution < -0.4 is 15.8 Å². The van der Waals surface area contributed by atoms with Gasteiger partial charge < -0.3 is 20.3 Å². The molecule has 5 rings (SSSR count). The third-order valence-corrected chi connectivity index (χ3v) is 5.94. The fourth-order valence-corrected chi connectivity index (χ4v) is 4.12. The molecule has 7 nitrogen and oxygen atoms in total. The summed E-state index contributed by atoms with van der Waals surface area (Å²) in [6.07, 6.45) is 10.5. The lowest BCUT2D eigenvalue weighted by Gasteiger charge is -2.10. The number of aromatic nitrogens is 2. The molecule has 0 aliphatic carbocycles. The number of hydrogen-bond acceptors (Lipinski definition) is 6. The second-order valence-electron chi connectivity index (χ2n) is 8.85. The van der Waals surface area contributed by atoms with Gasteiger partial charge in [0.25, 0.3) is 0 Å². The van der Waals surface area contributed by atoms with E-state index in [0.29, 0.717) is 0 Å². The highest BCUT2D eigenvalue weighted by atomic mass is 16.3. The van der Waals surface area contributed by atoms with E-state index in [1.807, 2.05) is 60.7 Å². The van der Waals surface area contributed by atoms with Crippen LogP contribution in [0.25, 0.3) is 28.8 Å². The summed E-state index contributed by atoms with van der Waals surface area (Å²) >= 11 is 0. The van der Waals surface area contributed by atoms with E-state index >= 15 is 0 Å². The van der Waals surface area contributed by atoms with Gasteiger partial charge in [-0.2, -0.15) is 0 Å². The van der Waals surface area contributed by atoms with Crippen molar-refractivity contribution in [3.8, 4) is 5.88 Å². The number of rotatable bonds is 8. The molecule has 0 spiro atoms. The van der Waals surface area contributed by atoms with Crippen molar-refractivity contribution in [1.82, 2.24) is 14.9 Å². The maximum atomic E-state index is 10.6. The summed E-state index contributed by atoms with van der Waals surface area (Å²) in [4.78, 5) is 9.30. The van der Waals surface area contributed by atoms with Crippen molar-refractivity contribution in [2.45, 2.75) is 6.42 Å². The molecule has 0 unspecified atom stereocenters. The molecular formula is C28H28N6O. The van der Waals surface area contributed by atoms with Crippen LogP contribution in [0.4, 0.5) is 11.4 Å². The van der Waals surface area contributed by atoms with Crippen molar-refractivity contribution in [2.24, 2.45) is 10.2 Å². The van der Waals surface area contributed by atoms with Crippen molar-refractivity contribution in [3.63, 3.8) is 0 Å². The van der Waals surface area contributed by atoms with Crippen molar-refractivity contribution in [1.29, 1.82) is 0 Å². The Hall–Kier alpha value is -4.23. The number of benzene rings is 2. The normalized spacial score (nSPS) is 13.5. The molecule has 0 saturated heterocycles. The van der Waals surface area contributed by atoms with E-state index in [0.717, 1.165) is 69.0 Å². The molecule has 0 fully saturated rings. The van der Waals surface area contributed by atoms with Gasteiger partial charge in [-0.1, -0.05) is 12.1 Å². The largest absolute Gasteiger partial charge is 0.494 e. The summed E-state index contributed by atoms with van der Waals surface area (Å²) in [5.41, 5.74) is 5.38. The number of nitrogens with zero attached hydrogens (tertiary/aromatic N) is 4. The first-order valence-electron chi connectivity index (χ1n) is 11.7. The number of hydrogen-bond donors (Lipinski definition) is 3. The molecule has 3 heterocycles. The van der Waals surface area contributed by atoms with E-state index in [-0.39, 0.29) is 5.88 Å². The summed E-state index contributed by atoms with van der Waals surface area (Å²) in [6, 6.07) is 16.0. The van der Waals surface area contributed by atoms with Crippen molar-refractivity contribution < 1.29 is 5.11 Å². The Labute approximate surface area is 203 Å². The number of aromatic amines is 1. The van der Waals surface area contributed by atoms with Crippen LogP contribution in [0.1, 0.15) is 17.5 Å². The van der Waals surface area contributed by atoms with Crippen LogP contribution in [0, 0.1) is 0 Å². The maximum absolute atomic E-state index is 10.6. The second-order valence-corrected chi connectivity index (χ2v) is 8.85. The van der Waals surface area contributed by atoms with E-state index in [2.05, 4.69) is 50.6 Å². The molecule has 0 radical (unpaired) electrons. The molecule has 3 N–H and O–H groups in total. The summed E-state index contributed by atoms with van der Waals surface area (Å²) in [5, 5.41) is 25.7. The van der Waals surface area contributed by atoms with E-state index in [1.165, 1.54) is 0 Å². The van der Waals surface area contributed by atoms with Crippen LogP contribution >= 0.6 is 0 Å². The summed E-state index contributed by atoms with van der Waals surface area (Å²) in [6.45, 7) is 1.93. The van der Waals surface area contributed by atoms with Crippen LogP contribution in [0.3, 0.4) is 0 Å². The van der Waals surface area contributed by atoms with Gasteiger partial charge in [0.15, 0.2) is 5.88 Å². The van der Waals surface area contributed by atoms with Crippen molar-refractivity contribution in [2.75, 3.05) is 32.5 Å². The van der Waals surface area contributed by atoms with Gasteiger partial charge in [-0.3, -0.25) is 4.98 Å². The zero-order valence-corrected chi connectivity index (χ0v) is 19.9. The third kappa shape index (κ3) is 5.15. The van der Waals surface area contributed by atoms with Crippen molar-refractivity contribution in [3.05, 3.63) is 88.6 Å². The molecule has 1 aliphatic heterocycles. The zero-order valence-electron chi connectivity index (χ0n) is 19.9. The predicted octanol–water partition coefficient (Wildman–Crippen LogP) is 4.38. The number of azo groups is 1. The fourth-order valence-electron chi connectivity index (χ4n) is 4.12. The molecule has 7 heteroatoms. The summed E-state index contributed by atoms with van der Waals surface area (Å²) in [7, 11) is 4.16. The topological polar surface area (TPSA) is 88.9 Å². The van der Waals surface area contributed by atoms with Crippen LogP contribution in [0.2, 0.25) is 0 Å². The Morgan fingerprint density at radius 3 is 2.69 bits per heavy atom. The lowest BCUT2D eigenvalue weighted by molar-refractivity contribution is 0.405. The molecule has 0 bridgehead atoms. The number of fused-ring (bicyclic) bond motifs is 2. The first-order chi connectivity index (χ1) is 17.1. The Morgan fingerprint density at radius 1 is 1.00 bits per heavy atom. The van der Waals surface area contributed by atoms with Gasteiger partial charge in [0.2, 0.25) is 0 Å². The molecule has 35 heavy (non-hydrogen) atoms. The number of aromatic hydroxyl groups is 1. The Balaban J connectivity index is 1.43. The zero-order chi connectivity index (χ0) is 24.2. The summed E-state index contributed by atoms with van der Waals surface area (Å²) in [5.74, 6) is 0.152. The minimum absolute atomic E-state index is 0.152. The van der Waals surface area contributed by atoms with Crippen LogP contribution in [-0.4, -0.2) is 47.2 Å². The van der Waals surface area contributed by atoms with Gasteiger partial charge in [-0.15, -0.1) is 10.2 Å². The minimum Gasteiger partial charge on any atom is -0.494 e. The molecule has 2 aromatic carbocycles. The highest BCUT2D eigenvalue weighted by Crippen LogP contribution is 2.30. The molecule has 4 aromatic rings. The second kappa shape index (κ2) is 9.95. The minimum atomic E-state index is 0.152. The average molecular weight is 465 g/mol. The molecule has 176 valence electrons. The molecular weight excluding hydrogens is 436 g/mol. The van der Waals surface area contributed by atoms with Gasteiger partial charge >= 0.3 is 0 Å². The smallest absolute Gasteiger partial charge is 0.196 e. The highest BCUT2D eigenvalue weighted by Gasteiger charge is 2.11. The lowest BCUT2D eigenvalue weighted by atomic mass is 10.1. The molecule has 0 saturated carbocycles. The van der Waals surface area contributed by atoms with Gasteiger partial charge in [0.05, 0.1) is 11.4 Å². The first kappa shape index (κ1) is 22.6. The fraction of sp³-hybridized carbons (Fsp3) is 0.179. The molecule has 0 atom stereocenters. The summed E-state index contributed by atoms with van der Waals surface area (Å²) < 4.78 is 0. The third-order valence-electron chi connectivity index (χ3n) is 5.94. The van der Waals surface area contributed by atoms with Crippen LogP contribution in [0.15, 0.2) is 77.2 Å². The SMILES string of the molecule is CN(C)CCCNc1ccc2[nH]c(O)c(C=c3ccc4c(c3)N=NC=4C=Cc3ccncc3)c2c1. The maximum Gasteiger partial charge on any atom is 0.196 e. The Bertz CT molecular complexity index is 1530. The highest BCUT2D eigenvalue weighted by molar-refractivity contribution is 5.94. The van der Waals surface area contributed by atoms with Crippen LogP contribution in [-0.2, 0) is 0 Å². The first-order valence-corrected chi connectivity index (χ1v) is 11.7. The standard InChI is InChI=1S/C28H28N6O/c1-34(2)15-3-12-30-21-6-9-25-23(18-21)24(28(35)31-25)16-20-4-7-22-26(32-33-27(22)17-20)8-5-19-10-13-29-14-11-19/h4-11,13-14,16-18,30-31,35H,3,12,15H2,1-2H3. The molecule has 0 amide bonds. The van der Waals surface area contributed by atoms with E-state index in [1.54, 1.807) is 12.4 Å². The van der Waals surface area contributed by atoms with E-state index in [4.69, 9.17) is 0 Å². The Kier molecular flexibility index (Phi) is 6.41. The average Bonchev–Trinajstić information content (AvgIpc) is 3.41. The predicted molar refractivity (Wildman–Crippen MR) is 142 cm³/mol. The van der Waals surface area contributed by atoms with Crippen molar-refractivity contribution >= 4 is 40.1 Å². The Morgan fingerprint density at radius 2 is 1.86 bits per heavy atom. The van der Waals surface area contributed by atoms with Gasteiger partial charge in [0, 0.05) is 46.3 Å². The quantitative estimate of drug-likeness (QED) is 0.338. The number of H-pyrrole nitrogens is 1. The number of nitrogens with one attached hydrogen (secondary N) is 2. The number of anilines is 1. The van der Waals surface area contributed by atoms with E-state index in [9.17, 15) is 5.11 Å². The van der Waals surface area contributed by atoms with Gasteiger partial charge in [0.1, 0.15) is 0 Å². The van der Waals surface area contributed by atoms with Gasteiger partial charge in [-0.05, 0) is 92.5 Å². The van der Waals surface area contributed by atoms with Gasteiger partial charge in [-0.25, -0.2) is 0 Å². The molecule has 1 aliphatic rings. The van der Waals surface area contributed by atoms with Crippen LogP contribution in [0.5, 0.6) is 5.88 Å². The monoisotopic (exact) mass is 464 g/mol. The molecule has 2 aromatic heterocycles. The lowest BCUT2D eigenvalue weighted by Crippen LogP contribution is -2.16. The van der Waals surface area contributed by atoms with E-state index < -0.39 is 0 Å². The number of pyridine rings is 1.